The molecule has 4 aromatic rings. The summed E-state index contributed by atoms with van der Waals surface area (Å²) in [6.45, 7) is 1.09. The fourth-order valence-corrected chi connectivity index (χ4v) is 4.39. The molecule has 1 N–H and O–H groups in total. The Balaban J connectivity index is 1.64. The third kappa shape index (κ3) is 2.91. The molecule has 1 amide bonds. The van der Waals surface area contributed by atoms with Gasteiger partial charge in [-0.3, -0.25) is 9.59 Å². The van der Waals surface area contributed by atoms with Crippen molar-refractivity contribution in [3.63, 3.8) is 0 Å². The number of aromatic nitrogens is 3. The quantitative estimate of drug-likeness (QED) is 0.484. The number of nitrogens with one attached hydrogen (secondary N) is 1. The third-order valence-electron chi connectivity index (χ3n) is 5.30. The number of carbonyl (C=O) groups excluding carboxylic acids is 2. The summed E-state index contributed by atoms with van der Waals surface area (Å²) in [4.78, 5) is 30.2. The maximum Gasteiger partial charge on any atom is 0.253 e. The first kappa shape index (κ1) is 18.9. The molecule has 2 aromatic carbocycles. The molecule has 0 saturated heterocycles. The molecular formula is C22H16Cl2N4O2. The maximum absolute atomic E-state index is 13.0. The topological polar surface area (TPSA) is 68.9 Å². The second-order valence-corrected chi connectivity index (χ2v) is 8.04. The van der Waals surface area contributed by atoms with Crippen LogP contribution >= 0.6 is 23.2 Å². The predicted octanol–water partition coefficient (Wildman–Crippen LogP) is 4.32. The number of ketones is 1. The highest BCUT2D eigenvalue weighted by atomic mass is 35.5. The van der Waals surface area contributed by atoms with Gasteiger partial charge in [0.1, 0.15) is 0 Å². The molecule has 1 aliphatic rings. The third-order valence-corrected chi connectivity index (χ3v) is 5.85. The molecule has 2 aromatic heterocycles. The number of para-hydroxylation sites is 1. The Morgan fingerprint density at radius 2 is 2.00 bits per heavy atom. The normalized spacial score (nSPS) is 13.4. The van der Waals surface area contributed by atoms with Gasteiger partial charge in [0.05, 0.1) is 27.3 Å². The number of hydrogen-bond donors (Lipinski definition) is 1. The van der Waals surface area contributed by atoms with Crippen LogP contribution in [0, 0.1) is 0 Å². The standard InChI is InChI=1S/C22H16Cl2N4O2/c1-27-11-12(20(29)14-6-5-13(23)10-16(14)24)9-18(27)21-26-17-4-2-3-15-19(17)28(21)8-7-25-22(15)30/h2-6,9-11H,7-8H2,1H3,(H,25,30). The number of amides is 1. The highest BCUT2D eigenvalue weighted by Gasteiger charge is 2.24. The van der Waals surface area contributed by atoms with Crippen LogP contribution in [0.5, 0.6) is 0 Å². The Kier molecular flexibility index (Phi) is 4.41. The summed E-state index contributed by atoms with van der Waals surface area (Å²) in [7, 11) is 1.86. The van der Waals surface area contributed by atoms with Crippen molar-refractivity contribution in [2.75, 3.05) is 6.54 Å². The van der Waals surface area contributed by atoms with Crippen LogP contribution < -0.4 is 5.32 Å². The Morgan fingerprint density at radius 1 is 1.17 bits per heavy atom. The minimum Gasteiger partial charge on any atom is -0.350 e. The number of aryl methyl sites for hydroxylation is 1. The van der Waals surface area contributed by atoms with Crippen molar-refractivity contribution in [2.24, 2.45) is 7.05 Å². The molecule has 5 rings (SSSR count). The molecule has 0 aliphatic carbocycles. The first-order valence-electron chi connectivity index (χ1n) is 9.38. The number of imidazole rings is 1. The predicted molar refractivity (Wildman–Crippen MR) is 116 cm³/mol. The minimum atomic E-state index is -0.192. The van der Waals surface area contributed by atoms with E-state index in [1.54, 1.807) is 36.5 Å². The van der Waals surface area contributed by atoms with E-state index >= 15 is 0 Å². The highest BCUT2D eigenvalue weighted by Crippen LogP contribution is 2.30. The summed E-state index contributed by atoms with van der Waals surface area (Å²) in [5.41, 5.74) is 3.81. The SMILES string of the molecule is Cn1cc(C(=O)c2ccc(Cl)cc2Cl)cc1-c1nc2cccc3c2n1CCNC3=O. The molecular weight excluding hydrogens is 423 g/mol. The number of nitrogens with zero attached hydrogens (tertiary/aromatic N) is 3. The molecule has 3 heterocycles. The summed E-state index contributed by atoms with van der Waals surface area (Å²) in [6, 6.07) is 12.1. The van der Waals surface area contributed by atoms with Crippen LogP contribution in [0.25, 0.3) is 22.6 Å². The Bertz CT molecular complexity index is 1350. The molecule has 0 radical (unpaired) electrons. The average Bonchev–Trinajstić information content (AvgIpc) is 3.22. The largest absolute Gasteiger partial charge is 0.350 e. The molecule has 0 atom stereocenters. The van der Waals surface area contributed by atoms with Gasteiger partial charge in [0, 0.05) is 42.5 Å². The molecule has 0 unspecified atom stereocenters. The lowest BCUT2D eigenvalue weighted by molar-refractivity contribution is 0.0956. The molecule has 0 fully saturated rings. The lowest BCUT2D eigenvalue weighted by Gasteiger charge is -2.07. The number of hydrogen-bond acceptors (Lipinski definition) is 3. The molecule has 1 aliphatic heterocycles. The van der Waals surface area contributed by atoms with Crippen molar-refractivity contribution < 1.29 is 9.59 Å². The number of halogens is 2. The van der Waals surface area contributed by atoms with Crippen LogP contribution in [-0.4, -0.2) is 32.4 Å². The number of benzene rings is 2. The zero-order valence-electron chi connectivity index (χ0n) is 15.9. The average molecular weight is 439 g/mol. The van der Waals surface area contributed by atoms with Gasteiger partial charge >= 0.3 is 0 Å². The molecule has 150 valence electrons. The Labute approximate surface area is 182 Å². The monoisotopic (exact) mass is 438 g/mol. The second kappa shape index (κ2) is 7.00. The summed E-state index contributed by atoms with van der Waals surface area (Å²) >= 11 is 12.2. The van der Waals surface area contributed by atoms with Gasteiger partial charge in [-0.05, 0) is 36.4 Å². The number of rotatable bonds is 3. The van der Waals surface area contributed by atoms with Crippen LogP contribution in [0.3, 0.4) is 0 Å². The molecule has 8 heteroatoms. The molecule has 30 heavy (non-hydrogen) atoms. The first-order valence-corrected chi connectivity index (χ1v) is 10.1. The molecule has 0 spiro atoms. The zero-order valence-corrected chi connectivity index (χ0v) is 17.5. The zero-order chi connectivity index (χ0) is 21.0. The minimum absolute atomic E-state index is 0.106. The van der Waals surface area contributed by atoms with Gasteiger partial charge in [0.2, 0.25) is 0 Å². The van der Waals surface area contributed by atoms with Crippen molar-refractivity contribution in [1.82, 2.24) is 19.4 Å². The van der Waals surface area contributed by atoms with Gasteiger partial charge in [0.15, 0.2) is 11.6 Å². The van der Waals surface area contributed by atoms with E-state index in [2.05, 4.69) is 5.32 Å². The lowest BCUT2D eigenvalue weighted by Crippen LogP contribution is -2.24. The summed E-state index contributed by atoms with van der Waals surface area (Å²) in [6.07, 6.45) is 1.76. The van der Waals surface area contributed by atoms with E-state index in [4.69, 9.17) is 28.2 Å². The van der Waals surface area contributed by atoms with Gasteiger partial charge in [-0.1, -0.05) is 29.3 Å². The summed E-state index contributed by atoms with van der Waals surface area (Å²) < 4.78 is 3.89. The van der Waals surface area contributed by atoms with E-state index in [0.29, 0.717) is 45.6 Å². The highest BCUT2D eigenvalue weighted by molar-refractivity contribution is 6.37. The van der Waals surface area contributed by atoms with Crippen molar-refractivity contribution >= 4 is 45.9 Å². The van der Waals surface area contributed by atoms with Crippen molar-refractivity contribution in [3.8, 4) is 11.5 Å². The van der Waals surface area contributed by atoms with Crippen LogP contribution in [0.15, 0.2) is 48.7 Å². The van der Waals surface area contributed by atoms with Crippen molar-refractivity contribution in [3.05, 3.63) is 75.4 Å². The van der Waals surface area contributed by atoms with E-state index in [9.17, 15) is 9.59 Å². The van der Waals surface area contributed by atoms with E-state index in [-0.39, 0.29) is 11.7 Å². The molecule has 6 nitrogen and oxygen atoms in total. The smallest absolute Gasteiger partial charge is 0.253 e. The van der Waals surface area contributed by atoms with Crippen LogP contribution in [0.2, 0.25) is 10.0 Å². The van der Waals surface area contributed by atoms with Crippen LogP contribution in [0.4, 0.5) is 0 Å². The van der Waals surface area contributed by atoms with Gasteiger partial charge < -0.3 is 14.5 Å². The van der Waals surface area contributed by atoms with Gasteiger partial charge in [-0.15, -0.1) is 0 Å². The van der Waals surface area contributed by atoms with Crippen molar-refractivity contribution in [1.29, 1.82) is 0 Å². The van der Waals surface area contributed by atoms with E-state index in [0.717, 1.165) is 16.7 Å². The summed E-state index contributed by atoms with van der Waals surface area (Å²) in [5.74, 6) is 0.409. The Hall–Kier alpha value is -3.09. The second-order valence-electron chi connectivity index (χ2n) is 7.19. The molecule has 0 saturated carbocycles. The fraction of sp³-hybridized carbons (Fsp3) is 0.136. The lowest BCUT2D eigenvalue weighted by atomic mass is 10.1. The van der Waals surface area contributed by atoms with Crippen LogP contribution in [0.1, 0.15) is 26.3 Å². The first-order chi connectivity index (χ1) is 14.4. The van der Waals surface area contributed by atoms with Gasteiger partial charge in [-0.25, -0.2) is 4.98 Å². The van der Waals surface area contributed by atoms with Crippen LogP contribution in [-0.2, 0) is 13.6 Å². The van der Waals surface area contributed by atoms with E-state index in [1.807, 2.05) is 28.3 Å². The Morgan fingerprint density at radius 3 is 2.80 bits per heavy atom. The van der Waals surface area contributed by atoms with E-state index in [1.165, 1.54) is 0 Å². The molecule has 0 bridgehead atoms. The maximum atomic E-state index is 13.0. The summed E-state index contributed by atoms with van der Waals surface area (Å²) in [5, 5.41) is 3.70. The van der Waals surface area contributed by atoms with Gasteiger partial charge in [-0.2, -0.15) is 0 Å². The number of carbonyl (C=O) groups is 2. The van der Waals surface area contributed by atoms with Gasteiger partial charge in [0.25, 0.3) is 5.91 Å². The van der Waals surface area contributed by atoms with Crippen molar-refractivity contribution in [2.45, 2.75) is 6.54 Å². The van der Waals surface area contributed by atoms with E-state index < -0.39 is 0 Å². The fourth-order valence-electron chi connectivity index (χ4n) is 3.90.